The Bertz CT molecular complexity index is 906. The third-order valence-corrected chi connectivity index (χ3v) is 4.24. The number of nitrogens with zero attached hydrogens (tertiary/aromatic N) is 3. The average molecular weight is 313 g/mol. The van der Waals surface area contributed by atoms with Gasteiger partial charge in [-0.3, -0.25) is 4.79 Å². The van der Waals surface area contributed by atoms with Gasteiger partial charge in [0.1, 0.15) is 4.83 Å². The van der Waals surface area contributed by atoms with E-state index in [-0.39, 0.29) is 11.1 Å². The summed E-state index contributed by atoms with van der Waals surface area (Å²) in [6, 6.07) is 9.76. The molecule has 0 aliphatic carbocycles. The van der Waals surface area contributed by atoms with Crippen molar-refractivity contribution in [1.82, 2.24) is 9.97 Å². The zero-order chi connectivity index (χ0) is 15.7. The first kappa shape index (κ1) is 14.2. The second-order valence-electron chi connectivity index (χ2n) is 4.57. The highest BCUT2D eigenvalue weighted by molar-refractivity contribution is 7.21. The van der Waals surface area contributed by atoms with E-state index in [1.54, 1.807) is 42.4 Å². The van der Waals surface area contributed by atoms with Gasteiger partial charge in [-0.1, -0.05) is 11.3 Å². The predicted octanol–water partition coefficient (Wildman–Crippen LogP) is 2.52. The molecular weight excluding hydrogens is 302 g/mol. The minimum atomic E-state index is -0.980. The van der Waals surface area contributed by atoms with E-state index in [1.165, 1.54) is 23.5 Å². The zero-order valence-electron chi connectivity index (χ0n) is 11.6. The van der Waals surface area contributed by atoms with Gasteiger partial charge in [-0.15, -0.1) is 0 Å². The second kappa shape index (κ2) is 5.53. The number of hydrogen-bond donors (Lipinski definition) is 1. The van der Waals surface area contributed by atoms with E-state index in [4.69, 9.17) is 5.11 Å². The molecule has 22 heavy (non-hydrogen) atoms. The summed E-state index contributed by atoms with van der Waals surface area (Å²) >= 11 is 1.30. The van der Waals surface area contributed by atoms with Gasteiger partial charge in [0, 0.05) is 18.9 Å². The summed E-state index contributed by atoms with van der Waals surface area (Å²) in [7, 11) is 1.77. The summed E-state index contributed by atoms with van der Waals surface area (Å²) in [5.74, 6) is -0.980. The predicted molar refractivity (Wildman–Crippen MR) is 85.1 cm³/mol. The van der Waals surface area contributed by atoms with Crippen LogP contribution in [0.3, 0.4) is 0 Å². The first-order valence-corrected chi connectivity index (χ1v) is 7.21. The Hall–Kier alpha value is -2.80. The fourth-order valence-electron chi connectivity index (χ4n) is 1.97. The van der Waals surface area contributed by atoms with Crippen molar-refractivity contribution < 1.29 is 9.90 Å². The van der Waals surface area contributed by atoms with E-state index in [0.29, 0.717) is 15.3 Å². The lowest BCUT2D eigenvalue weighted by molar-refractivity contribution is 0.0697. The molecule has 0 fully saturated rings. The van der Waals surface area contributed by atoms with E-state index in [0.717, 1.165) is 5.69 Å². The highest BCUT2D eigenvalue weighted by Crippen LogP contribution is 2.27. The molecule has 0 bridgehead atoms. The quantitative estimate of drug-likeness (QED) is 0.800. The van der Waals surface area contributed by atoms with Crippen LogP contribution in [0.2, 0.25) is 0 Å². The lowest BCUT2D eigenvalue weighted by Gasteiger charge is -2.17. The van der Waals surface area contributed by atoms with Crippen molar-refractivity contribution in [2.75, 3.05) is 11.9 Å². The number of carboxylic acid groups (broad SMARTS) is 1. The number of pyridine rings is 1. The fourth-order valence-corrected chi connectivity index (χ4v) is 2.90. The normalized spacial score (nSPS) is 10.6. The number of rotatable bonds is 3. The molecule has 0 saturated heterocycles. The van der Waals surface area contributed by atoms with Gasteiger partial charge in [-0.25, -0.2) is 9.78 Å². The molecule has 3 aromatic rings. The third-order valence-electron chi connectivity index (χ3n) is 3.18. The molecule has 2 heterocycles. The Morgan fingerprint density at radius 2 is 1.95 bits per heavy atom. The van der Waals surface area contributed by atoms with E-state index in [9.17, 15) is 9.59 Å². The number of aromatic nitrogens is 2. The maximum Gasteiger partial charge on any atom is 0.335 e. The van der Waals surface area contributed by atoms with Crippen LogP contribution in [0.5, 0.6) is 0 Å². The molecule has 3 rings (SSSR count). The topological polar surface area (TPSA) is 83.4 Å². The lowest BCUT2D eigenvalue weighted by Crippen LogP contribution is -2.15. The van der Waals surface area contributed by atoms with Gasteiger partial charge in [0.2, 0.25) is 0 Å². The van der Waals surface area contributed by atoms with Crippen molar-refractivity contribution in [1.29, 1.82) is 0 Å². The molecule has 0 saturated carbocycles. The lowest BCUT2D eigenvalue weighted by atomic mass is 10.2. The van der Waals surface area contributed by atoms with Crippen LogP contribution in [-0.4, -0.2) is 28.1 Å². The summed E-state index contributed by atoms with van der Waals surface area (Å²) < 4.78 is 0. The maximum atomic E-state index is 12.0. The third kappa shape index (κ3) is 2.53. The molecular formula is C15H11N3O3S. The van der Waals surface area contributed by atoms with Crippen LogP contribution < -0.4 is 10.5 Å². The van der Waals surface area contributed by atoms with Crippen LogP contribution in [0.15, 0.2) is 47.4 Å². The Morgan fingerprint density at radius 3 is 2.64 bits per heavy atom. The zero-order valence-corrected chi connectivity index (χ0v) is 12.4. The molecule has 0 atom stereocenters. The molecule has 0 radical (unpaired) electrons. The monoisotopic (exact) mass is 313 g/mol. The van der Waals surface area contributed by atoms with Gasteiger partial charge in [-0.05, 0) is 36.4 Å². The fraction of sp³-hybridized carbons (Fsp3) is 0.0667. The van der Waals surface area contributed by atoms with Crippen LogP contribution in [0.25, 0.3) is 10.2 Å². The molecule has 0 spiro atoms. The number of carboxylic acids is 1. The summed E-state index contributed by atoms with van der Waals surface area (Å²) in [4.78, 5) is 33.5. The maximum absolute atomic E-state index is 12.0. The minimum Gasteiger partial charge on any atom is -0.478 e. The van der Waals surface area contributed by atoms with E-state index < -0.39 is 5.97 Å². The van der Waals surface area contributed by atoms with Crippen molar-refractivity contribution in [3.05, 3.63) is 58.5 Å². The van der Waals surface area contributed by atoms with Crippen molar-refractivity contribution in [2.45, 2.75) is 0 Å². The second-order valence-corrected chi connectivity index (χ2v) is 5.52. The molecule has 0 amide bonds. The van der Waals surface area contributed by atoms with Gasteiger partial charge in [0.15, 0.2) is 5.13 Å². The molecule has 0 aliphatic rings. The smallest absolute Gasteiger partial charge is 0.335 e. The van der Waals surface area contributed by atoms with Crippen molar-refractivity contribution >= 4 is 38.3 Å². The van der Waals surface area contributed by atoms with Crippen molar-refractivity contribution in [3.8, 4) is 0 Å². The number of aromatic carboxylic acids is 1. The summed E-state index contributed by atoms with van der Waals surface area (Å²) in [5, 5.41) is 9.90. The number of anilines is 2. The van der Waals surface area contributed by atoms with Crippen LogP contribution >= 0.6 is 11.3 Å². The molecule has 0 unspecified atom stereocenters. The van der Waals surface area contributed by atoms with Gasteiger partial charge < -0.3 is 10.0 Å². The van der Waals surface area contributed by atoms with E-state index in [1.807, 2.05) is 0 Å². The van der Waals surface area contributed by atoms with Crippen LogP contribution in [-0.2, 0) is 0 Å². The SMILES string of the molecule is CN(c1ccc(C(=O)O)cc1)c1nc(=O)c2cccnc2s1. The number of hydrogen-bond acceptors (Lipinski definition) is 6. The molecule has 1 N–H and O–H groups in total. The molecule has 110 valence electrons. The van der Waals surface area contributed by atoms with Gasteiger partial charge in [0.05, 0.1) is 10.9 Å². The Labute approximate surface area is 129 Å². The van der Waals surface area contributed by atoms with Gasteiger partial charge in [0.25, 0.3) is 5.56 Å². The number of benzene rings is 1. The minimum absolute atomic E-state index is 0.207. The molecule has 1 aromatic carbocycles. The Balaban J connectivity index is 2.03. The Morgan fingerprint density at radius 1 is 1.23 bits per heavy atom. The summed E-state index contributed by atoms with van der Waals surface area (Å²) in [6.45, 7) is 0. The standard InChI is InChI=1S/C15H11N3O3S/c1-18(10-6-4-9(5-7-10)14(20)21)15-17-12(19)11-3-2-8-16-13(11)22-15/h2-8H,1H3,(H,20,21). The largest absolute Gasteiger partial charge is 0.478 e. The van der Waals surface area contributed by atoms with Gasteiger partial charge >= 0.3 is 5.97 Å². The first-order chi connectivity index (χ1) is 10.6. The van der Waals surface area contributed by atoms with E-state index >= 15 is 0 Å². The average Bonchev–Trinajstić information content (AvgIpc) is 2.54. The summed E-state index contributed by atoms with van der Waals surface area (Å²) in [5.41, 5.74) is 0.618. The highest BCUT2D eigenvalue weighted by atomic mass is 32.1. The number of carbonyl (C=O) groups is 1. The van der Waals surface area contributed by atoms with Gasteiger partial charge in [-0.2, -0.15) is 4.98 Å². The van der Waals surface area contributed by atoms with E-state index in [2.05, 4.69) is 9.97 Å². The van der Waals surface area contributed by atoms with Crippen LogP contribution in [0.4, 0.5) is 10.8 Å². The van der Waals surface area contributed by atoms with Crippen LogP contribution in [0, 0.1) is 0 Å². The van der Waals surface area contributed by atoms with Crippen molar-refractivity contribution in [3.63, 3.8) is 0 Å². The van der Waals surface area contributed by atoms with Crippen molar-refractivity contribution in [2.24, 2.45) is 0 Å². The Kier molecular flexibility index (Phi) is 3.56. The number of fused-ring (bicyclic) bond motifs is 1. The summed E-state index contributed by atoms with van der Waals surface area (Å²) in [6.07, 6.45) is 1.63. The molecule has 7 heteroatoms. The molecule has 6 nitrogen and oxygen atoms in total. The van der Waals surface area contributed by atoms with Crippen LogP contribution in [0.1, 0.15) is 10.4 Å². The first-order valence-electron chi connectivity index (χ1n) is 6.39. The highest BCUT2D eigenvalue weighted by Gasteiger charge is 2.11. The molecule has 2 aromatic heterocycles. The molecule has 0 aliphatic heterocycles.